The number of nitrogens with one attached hydrogen (secondary N) is 1. The standard InChI is InChI=1S/C14H19NO2/c1-15-13(14-8-5-9-17-14)11-16-10-12-6-3-2-4-7-12/h2-4,6-8,13,15H,5,9-11H2,1H3. The third-order valence-electron chi connectivity index (χ3n) is 2.82. The SMILES string of the molecule is CNC(COCc1ccccc1)C1=CCCO1. The van der Waals surface area contributed by atoms with Crippen LogP contribution in [0.5, 0.6) is 0 Å². The van der Waals surface area contributed by atoms with E-state index in [1.807, 2.05) is 25.2 Å². The molecule has 0 saturated heterocycles. The average molecular weight is 233 g/mol. The van der Waals surface area contributed by atoms with Crippen LogP contribution in [0.2, 0.25) is 0 Å². The summed E-state index contributed by atoms with van der Waals surface area (Å²) in [7, 11) is 1.93. The van der Waals surface area contributed by atoms with Crippen LogP contribution < -0.4 is 5.32 Å². The Morgan fingerprint density at radius 3 is 2.82 bits per heavy atom. The van der Waals surface area contributed by atoms with Crippen LogP contribution in [0.1, 0.15) is 12.0 Å². The number of benzene rings is 1. The zero-order valence-corrected chi connectivity index (χ0v) is 10.2. The Bertz CT molecular complexity index is 362. The van der Waals surface area contributed by atoms with Gasteiger partial charge in [-0.1, -0.05) is 30.3 Å². The molecule has 1 N–H and O–H groups in total. The molecule has 2 rings (SSSR count). The fraction of sp³-hybridized carbons (Fsp3) is 0.429. The lowest BCUT2D eigenvalue weighted by atomic mass is 10.2. The topological polar surface area (TPSA) is 30.5 Å². The van der Waals surface area contributed by atoms with Crippen molar-refractivity contribution in [3.05, 3.63) is 47.7 Å². The molecule has 1 atom stereocenters. The minimum absolute atomic E-state index is 0.168. The van der Waals surface area contributed by atoms with Crippen LogP contribution in [-0.2, 0) is 16.1 Å². The maximum atomic E-state index is 5.70. The molecule has 1 unspecified atom stereocenters. The van der Waals surface area contributed by atoms with E-state index >= 15 is 0 Å². The number of ether oxygens (including phenoxy) is 2. The first-order chi connectivity index (χ1) is 8.40. The minimum atomic E-state index is 0.168. The third-order valence-corrected chi connectivity index (χ3v) is 2.82. The van der Waals surface area contributed by atoms with E-state index in [0.717, 1.165) is 18.8 Å². The molecule has 1 aliphatic heterocycles. The molecule has 0 bridgehead atoms. The largest absolute Gasteiger partial charge is 0.496 e. The molecule has 3 nitrogen and oxygen atoms in total. The quantitative estimate of drug-likeness (QED) is 0.816. The monoisotopic (exact) mass is 233 g/mol. The Morgan fingerprint density at radius 2 is 2.18 bits per heavy atom. The van der Waals surface area contributed by atoms with Crippen LogP contribution >= 0.6 is 0 Å². The molecule has 0 fully saturated rings. The van der Waals surface area contributed by atoms with Crippen molar-refractivity contribution in [1.29, 1.82) is 0 Å². The summed E-state index contributed by atoms with van der Waals surface area (Å²) in [6, 6.07) is 10.4. The molecule has 3 heteroatoms. The first kappa shape index (κ1) is 12.1. The predicted molar refractivity (Wildman–Crippen MR) is 67.6 cm³/mol. The molecule has 0 aliphatic carbocycles. The van der Waals surface area contributed by atoms with Crippen molar-refractivity contribution in [2.75, 3.05) is 20.3 Å². The maximum Gasteiger partial charge on any atom is 0.111 e. The molecule has 17 heavy (non-hydrogen) atoms. The van der Waals surface area contributed by atoms with Crippen LogP contribution in [0.15, 0.2) is 42.2 Å². The van der Waals surface area contributed by atoms with Crippen molar-refractivity contribution >= 4 is 0 Å². The second-order valence-corrected chi connectivity index (χ2v) is 4.09. The summed E-state index contributed by atoms with van der Waals surface area (Å²) in [5.41, 5.74) is 1.20. The van der Waals surface area contributed by atoms with Crippen LogP contribution in [0.3, 0.4) is 0 Å². The summed E-state index contributed by atoms with van der Waals surface area (Å²) in [5.74, 6) is 1.01. The highest BCUT2D eigenvalue weighted by Gasteiger charge is 2.16. The smallest absolute Gasteiger partial charge is 0.111 e. The van der Waals surface area contributed by atoms with Gasteiger partial charge in [0.2, 0.25) is 0 Å². The first-order valence-electron chi connectivity index (χ1n) is 6.02. The third kappa shape index (κ3) is 3.58. The van der Waals surface area contributed by atoms with E-state index in [1.165, 1.54) is 5.56 Å². The second-order valence-electron chi connectivity index (χ2n) is 4.09. The van der Waals surface area contributed by atoms with Crippen LogP contribution in [0, 0.1) is 0 Å². The van der Waals surface area contributed by atoms with E-state index in [4.69, 9.17) is 9.47 Å². The van der Waals surface area contributed by atoms with Gasteiger partial charge in [-0.3, -0.25) is 0 Å². The second kappa shape index (κ2) is 6.42. The lowest BCUT2D eigenvalue weighted by Crippen LogP contribution is -2.32. The van der Waals surface area contributed by atoms with Crippen LogP contribution in [0.25, 0.3) is 0 Å². The highest BCUT2D eigenvalue weighted by molar-refractivity contribution is 5.13. The molecule has 0 amide bonds. The Hall–Kier alpha value is -1.32. The lowest BCUT2D eigenvalue weighted by Gasteiger charge is -2.17. The van der Waals surface area contributed by atoms with E-state index in [-0.39, 0.29) is 6.04 Å². The van der Waals surface area contributed by atoms with E-state index in [0.29, 0.717) is 13.2 Å². The molecule has 1 aromatic rings. The van der Waals surface area contributed by atoms with Gasteiger partial charge in [0, 0.05) is 6.42 Å². The molecular weight excluding hydrogens is 214 g/mol. The molecule has 0 saturated carbocycles. The fourth-order valence-electron chi connectivity index (χ4n) is 1.86. The van der Waals surface area contributed by atoms with Gasteiger partial charge in [0.25, 0.3) is 0 Å². The highest BCUT2D eigenvalue weighted by atomic mass is 16.5. The van der Waals surface area contributed by atoms with Crippen molar-refractivity contribution in [3.63, 3.8) is 0 Å². The van der Waals surface area contributed by atoms with E-state index in [9.17, 15) is 0 Å². The molecule has 92 valence electrons. The van der Waals surface area contributed by atoms with Crippen LogP contribution in [0.4, 0.5) is 0 Å². The highest BCUT2D eigenvalue weighted by Crippen LogP contribution is 2.14. The van der Waals surface area contributed by atoms with Gasteiger partial charge < -0.3 is 14.8 Å². The summed E-state index contributed by atoms with van der Waals surface area (Å²) in [4.78, 5) is 0. The summed E-state index contributed by atoms with van der Waals surface area (Å²) in [6.07, 6.45) is 3.14. The number of likely N-dealkylation sites (N-methyl/N-ethyl adjacent to an activating group) is 1. The van der Waals surface area contributed by atoms with Crippen molar-refractivity contribution < 1.29 is 9.47 Å². The molecule has 1 aliphatic rings. The van der Waals surface area contributed by atoms with Gasteiger partial charge in [0.05, 0.1) is 25.9 Å². The normalized spacial score (nSPS) is 16.4. The molecule has 0 radical (unpaired) electrons. The summed E-state index contributed by atoms with van der Waals surface area (Å²) >= 11 is 0. The Balaban J connectivity index is 1.77. The first-order valence-corrected chi connectivity index (χ1v) is 6.02. The van der Waals surface area contributed by atoms with Gasteiger partial charge >= 0.3 is 0 Å². The van der Waals surface area contributed by atoms with Gasteiger partial charge in [-0.15, -0.1) is 0 Å². The van der Waals surface area contributed by atoms with Crippen molar-refractivity contribution in [3.8, 4) is 0 Å². The van der Waals surface area contributed by atoms with Gasteiger partial charge in [-0.05, 0) is 18.7 Å². The minimum Gasteiger partial charge on any atom is -0.496 e. The van der Waals surface area contributed by atoms with Crippen molar-refractivity contribution in [2.45, 2.75) is 19.1 Å². The number of hydrogen-bond donors (Lipinski definition) is 1. The van der Waals surface area contributed by atoms with Gasteiger partial charge in [0.15, 0.2) is 0 Å². The lowest BCUT2D eigenvalue weighted by molar-refractivity contribution is 0.0901. The zero-order chi connectivity index (χ0) is 11.9. The van der Waals surface area contributed by atoms with Gasteiger partial charge in [-0.2, -0.15) is 0 Å². The predicted octanol–water partition coefficient (Wildman–Crippen LogP) is 2.10. The maximum absolute atomic E-state index is 5.70. The van der Waals surface area contributed by atoms with E-state index < -0.39 is 0 Å². The van der Waals surface area contributed by atoms with E-state index in [1.54, 1.807) is 0 Å². The van der Waals surface area contributed by atoms with Gasteiger partial charge in [-0.25, -0.2) is 0 Å². The van der Waals surface area contributed by atoms with Crippen molar-refractivity contribution in [2.24, 2.45) is 0 Å². The number of rotatable bonds is 6. The zero-order valence-electron chi connectivity index (χ0n) is 10.2. The molecule has 1 heterocycles. The summed E-state index contributed by atoms with van der Waals surface area (Å²) in [5, 5.41) is 3.21. The van der Waals surface area contributed by atoms with Crippen LogP contribution in [-0.4, -0.2) is 26.3 Å². The fourth-order valence-corrected chi connectivity index (χ4v) is 1.86. The molecule has 0 aromatic heterocycles. The van der Waals surface area contributed by atoms with Gasteiger partial charge in [0.1, 0.15) is 5.76 Å². The molecule has 1 aromatic carbocycles. The molecular formula is C14H19NO2. The Labute approximate surface area is 102 Å². The Morgan fingerprint density at radius 1 is 1.35 bits per heavy atom. The summed E-state index contributed by atoms with van der Waals surface area (Å²) in [6.45, 7) is 2.08. The Kier molecular flexibility index (Phi) is 4.59. The molecule has 0 spiro atoms. The number of hydrogen-bond acceptors (Lipinski definition) is 3. The average Bonchev–Trinajstić information content (AvgIpc) is 2.90. The van der Waals surface area contributed by atoms with Crippen molar-refractivity contribution in [1.82, 2.24) is 5.32 Å². The summed E-state index contributed by atoms with van der Waals surface area (Å²) < 4.78 is 11.2. The van der Waals surface area contributed by atoms with E-state index in [2.05, 4.69) is 23.5 Å².